The van der Waals surface area contributed by atoms with Crippen molar-refractivity contribution in [2.24, 2.45) is 0 Å². The van der Waals surface area contributed by atoms with E-state index in [9.17, 15) is 9.59 Å². The molecule has 0 saturated carbocycles. The first-order valence-electron chi connectivity index (χ1n) is 5.15. The summed E-state index contributed by atoms with van der Waals surface area (Å²) in [6.45, 7) is -0.00482. The lowest BCUT2D eigenvalue weighted by Crippen LogP contribution is -2.26. The molecule has 1 rings (SSSR count). The van der Waals surface area contributed by atoms with Gasteiger partial charge in [-0.3, -0.25) is 9.59 Å². The van der Waals surface area contributed by atoms with Crippen molar-refractivity contribution in [2.45, 2.75) is 0 Å². The zero-order chi connectivity index (χ0) is 13.5. The second-order valence-electron chi connectivity index (χ2n) is 3.54. The fourth-order valence-electron chi connectivity index (χ4n) is 1.26. The van der Waals surface area contributed by atoms with E-state index in [2.05, 4.69) is 16.2 Å². The molecule has 0 atom stereocenters. The molecule has 0 unspecified atom stereocenters. The molecular weight excluding hydrogens is 234 g/mol. The number of amides is 1. The number of carboxylic acid groups (broad SMARTS) is 1. The van der Waals surface area contributed by atoms with Crippen molar-refractivity contribution in [3.63, 3.8) is 0 Å². The number of aromatic nitrogens is 1. The van der Waals surface area contributed by atoms with Crippen LogP contribution in [0.1, 0.15) is 10.4 Å². The smallest absolute Gasteiger partial charge is 0.323 e. The summed E-state index contributed by atoms with van der Waals surface area (Å²) in [5.41, 5.74) is 0.373. The third kappa shape index (κ3) is 3.79. The summed E-state index contributed by atoms with van der Waals surface area (Å²) in [6, 6.07) is 3.14. The molecule has 1 aromatic rings. The third-order valence-electron chi connectivity index (χ3n) is 2.12. The SMILES string of the molecule is C#CCNC(=O)c1ccc(N(C)CC(=O)O)nc1. The van der Waals surface area contributed by atoms with Gasteiger partial charge in [-0.05, 0) is 12.1 Å². The Hall–Kier alpha value is -2.55. The minimum Gasteiger partial charge on any atom is -0.480 e. The molecule has 0 aliphatic carbocycles. The van der Waals surface area contributed by atoms with Gasteiger partial charge in [0.1, 0.15) is 12.4 Å². The van der Waals surface area contributed by atoms with Crippen molar-refractivity contribution < 1.29 is 14.7 Å². The van der Waals surface area contributed by atoms with E-state index in [1.165, 1.54) is 11.1 Å². The van der Waals surface area contributed by atoms with Crippen molar-refractivity contribution in [2.75, 3.05) is 25.0 Å². The van der Waals surface area contributed by atoms with E-state index in [-0.39, 0.29) is 19.0 Å². The number of pyridine rings is 1. The van der Waals surface area contributed by atoms with Crippen molar-refractivity contribution in [3.05, 3.63) is 23.9 Å². The summed E-state index contributed by atoms with van der Waals surface area (Å²) in [7, 11) is 1.61. The van der Waals surface area contributed by atoms with Gasteiger partial charge in [-0.1, -0.05) is 5.92 Å². The zero-order valence-corrected chi connectivity index (χ0v) is 9.88. The summed E-state index contributed by atoms with van der Waals surface area (Å²) in [6.07, 6.45) is 6.40. The lowest BCUT2D eigenvalue weighted by atomic mass is 10.2. The summed E-state index contributed by atoms with van der Waals surface area (Å²) < 4.78 is 0. The summed E-state index contributed by atoms with van der Waals surface area (Å²) >= 11 is 0. The first-order chi connectivity index (χ1) is 8.54. The van der Waals surface area contributed by atoms with Crippen LogP contribution in [-0.2, 0) is 4.79 Å². The van der Waals surface area contributed by atoms with Gasteiger partial charge in [0.15, 0.2) is 0 Å². The van der Waals surface area contributed by atoms with Gasteiger partial charge >= 0.3 is 5.97 Å². The molecule has 1 aromatic heterocycles. The van der Waals surface area contributed by atoms with Gasteiger partial charge in [-0.2, -0.15) is 0 Å². The Morgan fingerprint density at radius 1 is 1.56 bits per heavy atom. The molecule has 2 N–H and O–H groups in total. The average Bonchev–Trinajstić information content (AvgIpc) is 2.35. The topological polar surface area (TPSA) is 82.5 Å². The number of carboxylic acids is 1. The Kier molecular flexibility index (Phi) is 4.69. The van der Waals surface area contributed by atoms with Crippen molar-refractivity contribution in [3.8, 4) is 12.3 Å². The van der Waals surface area contributed by atoms with Gasteiger partial charge in [-0.15, -0.1) is 6.42 Å². The number of carbonyl (C=O) groups is 2. The van der Waals surface area contributed by atoms with Gasteiger partial charge in [-0.25, -0.2) is 4.98 Å². The van der Waals surface area contributed by atoms with Crippen LogP contribution < -0.4 is 10.2 Å². The Bertz CT molecular complexity index is 476. The van der Waals surface area contributed by atoms with Crippen LogP contribution in [0.4, 0.5) is 5.82 Å². The molecule has 0 aliphatic rings. The number of aliphatic carboxylic acids is 1. The van der Waals surface area contributed by atoms with Crippen molar-refractivity contribution >= 4 is 17.7 Å². The standard InChI is InChI=1S/C12H13N3O3/c1-3-6-13-12(18)9-4-5-10(14-7-9)15(2)8-11(16)17/h1,4-5,7H,6,8H2,2H3,(H,13,18)(H,16,17). The second kappa shape index (κ2) is 6.25. The molecule has 0 aliphatic heterocycles. The first-order valence-corrected chi connectivity index (χ1v) is 5.15. The van der Waals surface area contributed by atoms with Gasteiger partial charge < -0.3 is 15.3 Å². The van der Waals surface area contributed by atoms with Crippen LogP contribution in [0.25, 0.3) is 0 Å². The van der Waals surface area contributed by atoms with Crippen LogP contribution in [-0.4, -0.2) is 42.1 Å². The van der Waals surface area contributed by atoms with E-state index in [1.807, 2.05) is 0 Å². The number of terminal acetylenes is 1. The molecule has 1 amide bonds. The van der Waals surface area contributed by atoms with Gasteiger partial charge in [0.2, 0.25) is 0 Å². The molecule has 18 heavy (non-hydrogen) atoms. The number of rotatable bonds is 5. The Morgan fingerprint density at radius 2 is 2.28 bits per heavy atom. The van der Waals surface area contributed by atoms with Gasteiger partial charge in [0.05, 0.1) is 12.1 Å². The number of nitrogens with one attached hydrogen (secondary N) is 1. The lowest BCUT2D eigenvalue weighted by molar-refractivity contribution is -0.135. The third-order valence-corrected chi connectivity index (χ3v) is 2.12. The maximum Gasteiger partial charge on any atom is 0.323 e. The van der Waals surface area contributed by atoms with E-state index in [4.69, 9.17) is 11.5 Å². The fourth-order valence-corrected chi connectivity index (χ4v) is 1.26. The van der Waals surface area contributed by atoms with E-state index < -0.39 is 5.97 Å². The maximum atomic E-state index is 11.5. The lowest BCUT2D eigenvalue weighted by Gasteiger charge is -2.15. The predicted octanol–water partition coefficient (Wildman–Crippen LogP) is -0.0346. The highest BCUT2D eigenvalue weighted by Crippen LogP contribution is 2.09. The number of likely N-dealkylation sites (N-methyl/N-ethyl adjacent to an activating group) is 1. The van der Waals surface area contributed by atoms with Crippen LogP contribution in [0, 0.1) is 12.3 Å². The van der Waals surface area contributed by atoms with E-state index in [1.54, 1.807) is 19.2 Å². The molecular formula is C12H13N3O3. The minimum atomic E-state index is -0.949. The van der Waals surface area contributed by atoms with Crippen LogP contribution in [0.2, 0.25) is 0 Å². The van der Waals surface area contributed by atoms with Gasteiger partial charge in [0, 0.05) is 13.2 Å². The first kappa shape index (κ1) is 13.5. The molecule has 0 bridgehead atoms. The summed E-state index contributed by atoms with van der Waals surface area (Å²) in [5, 5.41) is 11.1. The molecule has 0 radical (unpaired) electrons. The molecule has 0 spiro atoms. The Balaban J connectivity index is 2.71. The summed E-state index contributed by atoms with van der Waals surface area (Å²) in [4.78, 5) is 27.5. The number of anilines is 1. The van der Waals surface area contributed by atoms with Crippen LogP contribution in [0.15, 0.2) is 18.3 Å². The number of carbonyl (C=O) groups excluding carboxylic acids is 1. The van der Waals surface area contributed by atoms with E-state index in [0.29, 0.717) is 11.4 Å². The van der Waals surface area contributed by atoms with Crippen molar-refractivity contribution in [1.29, 1.82) is 0 Å². The summed E-state index contributed by atoms with van der Waals surface area (Å²) in [5.74, 6) is 1.51. The molecule has 6 nitrogen and oxygen atoms in total. The molecule has 1 heterocycles. The predicted molar refractivity (Wildman–Crippen MR) is 66.3 cm³/mol. The highest BCUT2D eigenvalue weighted by molar-refractivity contribution is 5.94. The molecule has 6 heteroatoms. The zero-order valence-electron chi connectivity index (χ0n) is 9.88. The molecule has 0 saturated heterocycles. The maximum absolute atomic E-state index is 11.5. The minimum absolute atomic E-state index is 0.152. The largest absolute Gasteiger partial charge is 0.480 e. The van der Waals surface area contributed by atoms with Crippen LogP contribution in [0.5, 0.6) is 0 Å². The highest BCUT2D eigenvalue weighted by Gasteiger charge is 2.09. The van der Waals surface area contributed by atoms with E-state index >= 15 is 0 Å². The van der Waals surface area contributed by atoms with Gasteiger partial charge in [0.25, 0.3) is 5.91 Å². The fraction of sp³-hybridized carbons (Fsp3) is 0.250. The van der Waals surface area contributed by atoms with E-state index in [0.717, 1.165) is 0 Å². The number of hydrogen-bond acceptors (Lipinski definition) is 4. The van der Waals surface area contributed by atoms with Crippen LogP contribution in [0.3, 0.4) is 0 Å². The molecule has 0 aromatic carbocycles. The normalized spacial score (nSPS) is 9.33. The monoisotopic (exact) mass is 247 g/mol. The molecule has 0 fully saturated rings. The number of nitrogens with zero attached hydrogens (tertiary/aromatic N) is 2. The molecule has 94 valence electrons. The highest BCUT2D eigenvalue weighted by atomic mass is 16.4. The Morgan fingerprint density at radius 3 is 2.78 bits per heavy atom. The second-order valence-corrected chi connectivity index (χ2v) is 3.54. The quantitative estimate of drug-likeness (QED) is 0.714. The van der Waals surface area contributed by atoms with Crippen molar-refractivity contribution in [1.82, 2.24) is 10.3 Å². The Labute approximate surface area is 105 Å². The number of hydrogen-bond donors (Lipinski definition) is 2. The average molecular weight is 247 g/mol. The van der Waals surface area contributed by atoms with Crippen LogP contribution >= 0.6 is 0 Å².